The zero-order valence-corrected chi connectivity index (χ0v) is 19.7. The third-order valence-corrected chi connectivity index (χ3v) is 7.69. The van der Waals surface area contributed by atoms with E-state index >= 15 is 0 Å². The largest absolute Gasteiger partial charge is 0.353 e. The summed E-state index contributed by atoms with van der Waals surface area (Å²) in [5.41, 5.74) is 1.16. The first-order chi connectivity index (χ1) is 15.6. The monoisotopic (exact) mass is 470 g/mol. The van der Waals surface area contributed by atoms with Gasteiger partial charge in [0.25, 0.3) is 5.56 Å². The summed E-state index contributed by atoms with van der Waals surface area (Å²) in [6.45, 7) is 7.75. The van der Waals surface area contributed by atoms with Gasteiger partial charge in [-0.25, -0.2) is 12.8 Å². The van der Waals surface area contributed by atoms with Crippen molar-refractivity contribution in [1.29, 1.82) is 0 Å². The zero-order valence-electron chi connectivity index (χ0n) is 18.9. The standard InChI is InChI=1S/C24H27FN4O3S/c1-24(2,3)18-4-10-21(11-5-18)33(31,32)28-16-14-27(15-17-28)22-12-13-23(30)29(26-22)20-8-6-19(25)7-9-20/h4-13H,14-17H2,1-3H3. The summed E-state index contributed by atoms with van der Waals surface area (Å²) in [7, 11) is -3.60. The molecule has 174 valence electrons. The summed E-state index contributed by atoms with van der Waals surface area (Å²) >= 11 is 0. The Morgan fingerprint density at radius 3 is 2.03 bits per heavy atom. The van der Waals surface area contributed by atoms with Crippen molar-refractivity contribution in [3.05, 3.63) is 82.4 Å². The van der Waals surface area contributed by atoms with E-state index in [0.717, 1.165) is 5.56 Å². The maximum absolute atomic E-state index is 13.2. The van der Waals surface area contributed by atoms with Crippen LogP contribution in [0.1, 0.15) is 26.3 Å². The number of anilines is 1. The highest BCUT2D eigenvalue weighted by Crippen LogP contribution is 2.25. The van der Waals surface area contributed by atoms with Crippen LogP contribution in [0.4, 0.5) is 10.2 Å². The lowest BCUT2D eigenvalue weighted by Crippen LogP contribution is -2.49. The van der Waals surface area contributed by atoms with Crippen LogP contribution in [-0.2, 0) is 15.4 Å². The van der Waals surface area contributed by atoms with Crippen LogP contribution in [-0.4, -0.2) is 48.7 Å². The number of piperazine rings is 1. The molecule has 0 bridgehead atoms. The number of benzene rings is 2. The summed E-state index contributed by atoms with van der Waals surface area (Å²) in [6.07, 6.45) is 0. The number of halogens is 1. The second kappa shape index (κ2) is 8.72. The lowest BCUT2D eigenvalue weighted by atomic mass is 9.87. The van der Waals surface area contributed by atoms with Gasteiger partial charge in [-0.05, 0) is 53.4 Å². The molecule has 0 radical (unpaired) electrons. The number of nitrogens with zero attached hydrogens (tertiary/aromatic N) is 4. The molecule has 1 aliphatic rings. The highest BCUT2D eigenvalue weighted by molar-refractivity contribution is 7.89. The molecule has 0 spiro atoms. The smallest absolute Gasteiger partial charge is 0.271 e. The van der Waals surface area contributed by atoms with Gasteiger partial charge >= 0.3 is 0 Å². The Hall–Kier alpha value is -3.04. The van der Waals surface area contributed by atoms with Crippen molar-refractivity contribution >= 4 is 15.8 Å². The molecule has 0 saturated carbocycles. The molecular weight excluding hydrogens is 443 g/mol. The number of hydrogen-bond acceptors (Lipinski definition) is 5. The molecule has 1 aliphatic heterocycles. The van der Waals surface area contributed by atoms with E-state index < -0.39 is 15.8 Å². The molecule has 1 fully saturated rings. The van der Waals surface area contributed by atoms with Gasteiger partial charge in [-0.2, -0.15) is 8.99 Å². The first kappa shape index (κ1) is 23.1. The SMILES string of the molecule is CC(C)(C)c1ccc(S(=O)(=O)N2CCN(c3ccc(=O)n(-c4ccc(F)cc4)n3)CC2)cc1. The van der Waals surface area contributed by atoms with Crippen molar-refractivity contribution in [2.45, 2.75) is 31.1 Å². The van der Waals surface area contributed by atoms with E-state index in [1.807, 2.05) is 17.0 Å². The number of rotatable bonds is 4. The summed E-state index contributed by atoms with van der Waals surface area (Å²) in [5, 5.41) is 4.41. The van der Waals surface area contributed by atoms with Crippen molar-refractivity contribution in [1.82, 2.24) is 14.1 Å². The van der Waals surface area contributed by atoms with Crippen LogP contribution in [0.5, 0.6) is 0 Å². The van der Waals surface area contributed by atoms with Gasteiger partial charge < -0.3 is 4.90 Å². The van der Waals surface area contributed by atoms with Crippen molar-refractivity contribution < 1.29 is 12.8 Å². The van der Waals surface area contributed by atoms with Crippen molar-refractivity contribution in [2.75, 3.05) is 31.1 Å². The summed E-state index contributed by atoms with van der Waals surface area (Å²) < 4.78 is 42.2. The van der Waals surface area contributed by atoms with E-state index in [9.17, 15) is 17.6 Å². The number of hydrogen-bond donors (Lipinski definition) is 0. The van der Waals surface area contributed by atoms with Gasteiger partial charge in [0.15, 0.2) is 0 Å². The predicted octanol–water partition coefficient (Wildman–Crippen LogP) is 3.18. The first-order valence-corrected chi connectivity index (χ1v) is 12.2. The number of aromatic nitrogens is 2. The number of sulfonamides is 1. The van der Waals surface area contributed by atoms with Crippen molar-refractivity contribution in [2.24, 2.45) is 0 Å². The van der Waals surface area contributed by atoms with E-state index in [2.05, 4.69) is 25.9 Å². The van der Waals surface area contributed by atoms with Crippen LogP contribution in [0.25, 0.3) is 5.69 Å². The molecule has 2 heterocycles. The Balaban J connectivity index is 1.49. The molecule has 3 aromatic rings. The molecule has 33 heavy (non-hydrogen) atoms. The molecule has 0 atom stereocenters. The van der Waals surface area contributed by atoms with Gasteiger partial charge in [0, 0.05) is 32.2 Å². The minimum absolute atomic E-state index is 0.0503. The van der Waals surface area contributed by atoms with Crippen molar-refractivity contribution in [3.63, 3.8) is 0 Å². The molecule has 9 heteroatoms. The van der Waals surface area contributed by atoms with Crippen molar-refractivity contribution in [3.8, 4) is 5.69 Å². The average Bonchev–Trinajstić information content (AvgIpc) is 2.80. The maximum atomic E-state index is 13.2. The van der Waals surface area contributed by atoms with Crippen LogP contribution in [0.3, 0.4) is 0 Å². The van der Waals surface area contributed by atoms with Gasteiger partial charge in [-0.1, -0.05) is 32.9 Å². The third kappa shape index (κ3) is 4.84. The van der Waals surface area contributed by atoms with Crippen LogP contribution in [0.2, 0.25) is 0 Å². The van der Waals surface area contributed by atoms with Crippen LogP contribution in [0, 0.1) is 5.82 Å². The van der Waals surface area contributed by atoms with Gasteiger partial charge in [0.05, 0.1) is 10.6 Å². The van der Waals surface area contributed by atoms with Crippen LogP contribution < -0.4 is 10.5 Å². The van der Waals surface area contributed by atoms with E-state index in [-0.39, 0.29) is 15.9 Å². The molecule has 0 aliphatic carbocycles. The van der Waals surface area contributed by atoms with Crippen LogP contribution >= 0.6 is 0 Å². The highest BCUT2D eigenvalue weighted by Gasteiger charge is 2.29. The fourth-order valence-corrected chi connectivity index (χ4v) is 5.19. The minimum atomic E-state index is -3.60. The predicted molar refractivity (Wildman–Crippen MR) is 126 cm³/mol. The summed E-state index contributed by atoms with van der Waals surface area (Å²) in [6, 6.07) is 15.6. The second-order valence-electron chi connectivity index (χ2n) is 9.08. The molecule has 1 aromatic heterocycles. The highest BCUT2D eigenvalue weighted by atomic mass is 32.2. The van der Waals surface area contributed by atoms with Gasteiger partial charge in [-0.15, -0.1) is 5.10 Å². The molecule has 2 aromatic carbocycles. The molecule has 1 saturated heterocycles. The Morgan fingerprint density at radius 1 is 0.848 bits per heavy atom. The van der Waals surface area contributed by atoms with Crippen LogP contribution in [0.15, 0.2) is 70.4 Å². The summed E-state index contributed by atoms with van der Waals surface area (Å²) in [5.74, 6) is 0.166. The van der Waals surface area contributed by atoms with Gasteiger partial charge in [0.1, 0.15) is 11.6 Å². The molecule has 0 amide bonds. The molecular formula is C24H27FN4O3S. The fourth-order valence-electron chi connectivity index (χ4n) is 3.77. The maximum Gasteiger partial charge on any atom is 0.271 e. The minimum Gasteiger partial charge on any atom is -0.353 e. The molecule has 0 unspecified atom stereocenters. The van der Waals surface area contributed by atoms with E-state index in [0.29, 0.717) is 37.7 Å². The Labute approximate surface area is 193 Å². The first-order valence-electron chi connectivity index (χ1n) is 10.8. The normalized spacial score (nSPS) is 15.6. The zero-order chi connectivity index (χ0) is 23.8. The lowest BCUT2D eigenvalue weighted by molar-refractivity contribution is 0.383. The summed E-state index contributed by atoms with van der Waals surface area (Å²) in [4.78, 5) is 14.5. The molecule has 0 N–H and O–H groups in total. The van der Waals surface area contributed by atoms with Gasteiger partial charge in [0.2, 0.25) is 10.0 Å². The molecule has 4 rings (SSSR count). The van der Waals surface area contributed by atoms with E-state index in [1.54, 1.807) is 18.2 Å². The Kier molecular flexibility index (Phi) is 6.11. The quantitative estimate of drug-likeness (QED) is 0.586. The van der Waals surface area contributed by atoms with E-state index in [4.69, 9.17) is 0 Å². The molecule has 7 nitrogen and oxygen atoms in total. The second-order valence-corrected chi connectivity index (χ2v) is 11.0. The lowest BCUT2D eigenvalue weighted by Gasteiger charge is -2.34. The topological polar surface area (TPSA) is 75.5 Å². The van der Waals surface area contributed by atoms with Gasteiger partial charge in [-0.3, -0.25) is 4.79 Å². The average molecular weight is 471 g/mol. The Bertz CT molecular complexity index is 1290. The Morgan fingerprint density at radius 2 is 1.45 bits per heavy atom. The fraction of sp³-hybridized carbons (Fsp3) is 0.333. The third-order valence-electron chi connectivity index (χ3n) is 5.78. The van der Waals surface area contributed by atoms with E-state index in [1.165, 1.54) is 39.3 Å².